The summed E-state index contributed by atoms with van der Waals surface area (Å²) in [6.45, 7) is 2.63. The normalized spacial score (nSPS) is 17.9. The number of rotatable bonds is 4. The molecule has 1 saturated heterocycles. The number of carbonyl (C=O) groups excluding carboxylic acids is 1. The molecule has 1 atom stereocenters. The minimum Gasteiger partial charge on any atom is -0.360 e. The minimum absolute atomic E-state index is 0.0373. The zero-order valence-electron chi connectivity index (χ0n) is 14.9. The molecule has 140 valence electrons. The standard InChI is InChI=1S/C18H20N6O3/c1-24-7-6-19-9-14(24)17-22-15(27-23-17)10-21-18(26)12-8-20-13-5-3-2-4-11(13)16(12)25/h2-5,8,14,19H,6-7,9-10H2,1H3,(H,20,25)(H,21,26). The number of pyridine rings is 1. The monoisotopic (exact) mass is 368 g/mol. The minimum atomic E-state index is -0.488. The molecule has 0 saturated carbocycles. The van der Waals surface area contributed by atoms with E-state index in [9.17, 15) is 9.59 Å². The van der Waals surface area contributed by atoms with E-state index in [-0.39, 0.29) is 23.6 Å². The van der Waals surface area contributed by atoms with E-state index < -0.39 is 5.91 Å². The van der Waals surface area contributed by atoms with Crippen LogP contribution in [0.25, 0.3) is 10.9 Å². The molecule has 27 heavy (non-hydrogen) atoms. The molecule has 9 heteroatoms. The Balaban J connectivity index is 1.46. The Morgan fingerprint density at radius 2 is 2.26 bits per heavy atom. The van der Waals surface area contributed by atoms with Gasteiger partial charge in [-0.05, 0) is 19.2 Å². The van der Waals surface area contributed by atoms with Gasteiger partial charge < -0.3 is 20.1 Å². The first-order valence-corrected chi connectivity index (χ1v) is 8.75. The Bertz CT molecular complexity index is 1030. The molecule has 3 N–H and O–H groups in total. The van der Waals surface area contributed by atoms with Gasteiger partial charge in [-0.25, -0.2) is 0 Å². The number of H-pyrrole nitrogens is 1. The quantitative estimate of drug-likeness (QED) is 0.611. The van der Waals surface area contributed by atoms with Crippen LogP contribution in [0.4, 0.5) is 0 Å². The van der Waals surface area contributed by atoms with Gasteiger partial charge in [0.1, 0.15) is 5.56 Å². The van der Waals surface area contributed by atoms with Crippen molar-refractivity contribution in [2.75, 3.05) is 26.7 Å². The molecular weight excluding hydrogens is 348 g/mol. The number of nitrogens with one attached hydrogen (secondary N) is 3. The number of aromatic nitrogens is 3. The number of aromatic amines is 1. The molecule has 1 unspecified atom stereocenters. The van der Waals surface area contributed by atoms with Gasteiger partial charge in [0.05, 0.1) is 12.6 Å². The van der Waals surface area contributed by atoms with Crippen molar-refractivity contribution >= 4 is 16.8 Å². The summed E-state index contributed by atoms with van der Waals surface area (Å²) in [6.07, 6.45) is 1.42. The number of nitrogens with zero attached hydrogens (tertiary/aromatic N) is 3. The van der Waals surface area contributed by atoms with Crippen LogP contribution in [-0.2, 0) is 6.54 Å². The molecule has 0 bridgehead atoms. The third-order valence-electron chi connectivity index (χ3n) is 4.73. The molecule has 1 amide bonds. The number of carbonyl (C=O) groups is 1. The van der Waals surface area contributed by atoms with Gasteiger partial charge in [0.15, 0.2) is 5.82 Å². The fourth-order valence-corrected chi connectivity index (χ4v) is 3.16. The van der Waals surface area contributed by atoms with Crippen LogP contribution >= 0.6 is 0 Å². The van der Waals surface area contributed by atoms with E-state index in [1.54, 1.807) is 18.2 Å². The molecule has 3 aromatic rings. The van der Waals surface area contributed by atoms with E-state index in [1.165, 1.54) is 6.20 Å². The second-order valence-electron chi connectivity index (χ2n) is 6.51. The molecule has 0 aliphatic carbocycles. The second-order valence-corrected chi connectivity index (χ2v) is 6.51. The predicted octanol–water partition coefficient (Wildman–Crippen LogP) is 0.417. The van der Waals surface area contributed by atoms with Crippen LogP contribution in [-0.4, -0.2) is 52.6 Å². The van der Waals surface area contributed by atoms with Crippen molar-refractivity contribution in [1.29, 1.82) is 0 Å². The van der Waals surface area contributed by atoms with E-state index >= 15 is 0 Å². The van der Waals surface area contributed by atoms with Gasteiger partial charge in [0.25, 0.3) is 5.91 Å². The van der Waals surface area contributed by atoms with Crippen molar-refractivity contribution in [3.8, 4) is 0 Å². The van der Waals surface area contributed by atoms with Gasteiger partial charge in [-0.3, -0.25) is 14.5 Å². The van der Waals surface area contributed by atoms with Gasteiger partial charge in [-0.1, -0.05) is 17.3 Å². The van der Waals surface area contributed by atoms with Crippen molar-refractivity contribution in [3.05, 3.63) is 58.0 Å². The lowest BCUT2D eigenvalue weighted by atomic mass is 10.1. The number of piperazine rings is 1. The third kappa shape index (κ3) is 3.46. The number of benzene rings is 1. The van der Waals surface area contributed by atoms with Gasteiger partial charge in [-0.2, -0.15) is 4.98 Å². The summed E-state index contributed by atoms with van der Waals surface area (Å²) >= 11 is 0. The van der Waals surface area contributed by atoms with E-state index in [2.05, 4.69) is 30.7 Å². The summed E-state index contributed by atoms with van der Waals surface area (Å²) < 4.78 is 5.24. The largest absolute Gasteiger partial charge is 0.360 e. The first-order valence-electron chi connectivity index (χ1n) is 8.75. The van der Waals surface area contributed by atoms with Gasteiger partial charge in [-0.15, -0.1) is 0 Å². The topological polar surface area (TPSA) is 116 Å². The highest BCUT2D eigenvalue weighted by Gasteiger charge is 2.25. The summed E-state index contributed by atoms with van der Waals surface area (Å²) in [5.74, 6) is 0.394. The zero-order chi connectivity index (χ0) is 18.8. The van der Waals surface area contributed by atoms with Crippen LogP contribution in [0.2, 0.25) is 0 Å². The lowest BCUT2D eigenvalue weighted by Crippen LogP contribution is -2.44. The molecule has 1 aliphatic heterocycles. The van der Waals surface area contributed by atoms with Crippen molar-refractivity contribution in [3.63, 3.8) is 0 Å². The van der Waals surface area contributed by atoms with Crippen molar-refractivity contribution < 1.29 is 9.32 Å². The maximum absolute atomic E-state index is 12.5. The molecule has 1 aromatic carbocycles. The number of likely N-dealkylation sites (N-methyl/N-ethyl adjacent to an activating group) is 1. The van der Waals surface area contributed by atoms with E-state index in [1.807, 2.05) is 13.1 Å². The highest BCUT2D eigenvalue weighted by molar-refractivity contribution is 5.96. The fraction of sp³-hybridized carbons (Fsp3) is 0.333. The summed E-state index contributed by atoms with van der Waals surface area (Å²) in [6, 6.07) is 7.09. The zero-order valence-corrected chi connectivity index (χ0v) is 14.9. The van der Waals surface area contributed by atoms with Gasteiger partial charge in [0.2, 0.25) is 11.3 Å². The van der Waals surface area contributed by atoms with Crippen molar-refractivity contribution in [2.45, 2.75) is 12.6 Å². The molecule has 9 nitrogen and oxygen atoms in total. The maximum Gasteiger partial charge on any atom is 0.257 e. The number of fused-ring (bicyclic) bond motifs is 1. The SMILES string of the molecule is CN1CCNCC1c1noc(CNC(=O)c2c[nH]c3ccccc3c2=O)n1. The highest BCUT2D eigenvalue weighted by atomic mass is 16.5. The summed E-state index contributed by atoms with van der Waals surface area (Å²) in [5, 5.41) is 10.4. The number of amides is 1. The van der Waals surface area contributed by atoms with Crippen molar-refractivity contribution in [2.24, 2.45) is 0 Å². The maximum atomic E-state index is 12.5. The van der Waals surface area contributed by atoms with Crippen LogP contribution in [0.5, 0.6) is 0 Å². The molecule has 2 aromatic heterocycles. The smallest absolute Gasteiger partial charge is 0.257 e. The van der Waals surface area contributed by atoms with Crippen molar-refractivity contribution in [1.82, 2.24) is 30.7 Å². The number of para-hydroxylation sites is 1. The summed E-state index contributed by atoms with van der Waals surface area (Å²) in [7, 11) is 2.01. The van der Waals surface area contributed by atoms with Crippen LogP contribution in [0.1, 0.15) is 28.1 Å². The van der Waals surface area contributed by atoms with E-state index in [0.29, 0.717) is 22.6 Å². The highest BCUT2D eigenvalue weighted by Crippen LogP contribution is 2.17. The first-order chi connectivity index (χ1) is 13.1. The molecule has 0 radical (unpaired) electrons. The Kier molecular flexibility index (Phi) is 4.69. The Morgan fingerprint density at radius 1 is 1.41 bits per heavy atom. The molecule has 1 fully saturated rings. The second kappa shape index (κ2) is 7.29. The molecule has 1 aliphatic rings. The Labute approximate surface area is 154 Å². The molecule has 0 spiro atoms. The number of hydrogen-bond donors (Lipinski definition) is 3. The van der Waals surface area contributed by atoms with Crippen LogP contribution in [0, 0.1) is 0 Å². The van der Waals surface area contributed by atoms with Crippen LogP contribution < -0.4 is 16.1 Å². The molecular formula is C18H20N6O3. The first kappa shape index (κ1) is 17.4. The summed E-state index contributed by atoms with van der Waals surface area (Å²) in [4.78, 5) is 34.4. The van der Waals surface area contributed by atoms with E-state index in [4.69, 9.17) is 4.52 Å². The Morgan fingerprint density at radius 3 is 3.11 bits per heavy atom. The van der Waals surface area contributed by atoms with Gasteiger partial charge in [0, 0.05) is 36.7 Å². The average molecular weight is 368 g/mol. The number of hydrogen-bond acceptors (Lipinski definition) is 7. The summed E-state index contributed by atoms with van der Waals surface area (Å²) in [5.41, 5.74) is 0.415. The Hall–Kier alpha value is -3.04. The lowest BCUT2D eigenvalue weighted by molar-refractivity contribution is 0.0945. The molecule has 3 heterocycles. The third-order valence-corrected chi connectivity index (χ3v) is 4.73. The van der Waals surface area contributed by atoms with Crippen LogP contribution in [0.15, 0.2) is 39.8 Å². The van der Waals surface area contributed by atoms with E-state index in [0.717, 1.165) is 19.6 Å². The lowest BCUT2D eigenvalue weighted by Gasteiger charge is -2.30. The fourth-order valence-electron chi connectivity index (χ4n) is 3.16. The predicted molar refractivity (Wildman–Crippen MR) is 98.3 cm³/mol. The van der Waals surface area contributed by atoms with Gasteiger partial charge >= 0.3 is 0 Å². The molecule has 4 rings (SSSR count). The average Bonchev–Trinajstić information content (AvgIpc) is 3.16. The van der Waals surface area contributed by atoms with Crippen LogP contribution in [0.3, 0.4) is 0 Å².